The summed E-state index contributed by atoms with van der Waals surface area (Å²) >= 11 is 0. The van der Waals surface area contributed by atoms with E-state index in [2.05, 4.69) is 63.9 Å². The molecule has 2 rings (SSSR count). The summed E-state index contributed by atoms with van der Waals surface area (Å²) in [7, 11) is 0. The zero-order valence-corrected chi connectivity index (χ0v) is 15.4. The van der Waals surface area contributed by atoms with Crippen molar-refractivity contribution in [1.82, 2.24) is 10.2 Å². The van der Waals surface area contributed by atoms with Crippen molar-refractivity contribution in [3.8, 4) is 17.0 Å². The summed E-state index contributed by atoms with van der Waals surface area (Å²) in [6.45, 7) is 15.9. The number of rotatable bonds is 3. The molecule has 0 amide bonds. The molecule has 4 nitrogen and oxygen atoms in total. The molecule has 0 saturated carbocycles. The minimum atomic E-state index is -0.0217. The summed E-state index contributed by atoms with van der Waals surface area (Å²) in [4.78, 5) is 0. The van der Waals surface area contributed by atoms with Crippen LogP contribution in [0.3, 0.4) is 0 Å². The van der Waals surface area contributed by atoms with Gasteiger partial charge in [0.2, 0.25) is 0 Å². The van der Waals surface area contributed by atoms with Gasteiger partial charge in [-0.2, -0.15) is 5.10 Å². The lowest BCUT2D eigenvalue weighted by molar-refractivity contribution is 0.319. The minimum absolute atomic E-state index is 0.0217. The Bertz CT molecular complexity index is 652. The monoisotopic (exact) mass is 315 g/mol. The molecule has 0 aliphatic carbocycles. The van der Waals surface area contributed by atoms with E-state index in [9.17, 15) is 0 Å². The molecule has 23 heavy (non-hydrogen) atoms. The van der Waals surface area contributed by atoms with Crippen LogP contribution in [0.5, 0.6) is 5.75 Å². The van der Waals surface area contributed by atoms with E-state index < -0.39 is 0 Å². The van der Waals surface area contributed by atoms with E-state index in [1.807, 2.05) is 13.0 Å². The molecule has 126 valence electrons. The number of benzene rings is 1. The van der Waals surface area contributed by atoms with Gasteiger partial charge in [-0.05, 0) is 29.9 Å². The second-order valence-corrected chi connectivity index (χ2v) is 8.04. The summed E-state index contributed by atoms with van der Waals surface area (Å²) in [6.07, 6.45) is 0. The van der Waals surface area contributed by atoms with Crippen LogP contribution in [0.25, 0.3) is 11.3 Å². The van der Waals surface area contributed by atoms with Crippen LogP contribution >= 0.6 is 0 Å². The molecular weight excluding hydrogens is 286 g/mol. The van der Waals surface area contributed by atoms with Gasteiger partial charge in [0.15, 0.2) is 0 Å². The highest BCUT2D eigenvalue weighted by molar-refractivity contribution is 5.68. The summed E-state index contributed by atoms with van der Waals surface area (Å²) in [6, 6.07) is 6.24. The largest absolute Gasteiger partial charge is 0.493 e. The van der Waals surface area contributed by atoms with Crippen molar-refractivity contribution in [1.29, 1.82) is 0 Å². The van der Waals surface area contributed by atoms with Crippen molar-refractivity contribution >= 4 is 5.82 Å². The van der Waals surface area contributed by atoms with Gasteiger partial charge >= 0.3 is 0 Å². The van der Waals surface area contributed by atoms with Crippen molar-refractivity contribution in [3.05, 3.63) is 29.3 Å². The maximum atomic E-state index is 6.07. The highest BCUT2D eigenvalue weighted by atomic mass is 16.5. The van der Waals surface area contributed by atoms with Crippen LogP contribution < -0.4 is 10.5 Å². The molecular formula is C19H29N3O. The van der Waals surface area contributed by atoms with Gasteiger partial charge in [0, 0.05) is 22.8 Å². The maximum Gasteiger partial charge on any atom is 0.145 e. The topological polar surface area (TPSA) is 63.9 Å². The molecule has 0 aliphatic heterocycles. The highest BCUT2D eigenvalue weighted by Gasteiger charge is 2.28. The van der Waals surface area contributed by atoms with Crippen LogP contribution in [0.15, 0.2) is 18.2 Å². The third kappa shape index (κ3) is 3.69. The third-order valence-electron chi connectivity index (χ3n) is 3.90. The summed E-state index contributed by atoms with van der Waals surface area (Å²) in [5.41, 5.74) is 10.2. The number of nitrogens with one attached hydrogen (secondary N) is 1. The molecule has 3 N–H and O–H groups in total. The fraction of sp³-hybridized carbons (Fsp3) is 0.526. The lowest BCUT2D eigenvalue weighted by Crippen LogP contribution is -2.20. The minimum Gasteiger partial charge on any atom is -0.493 e. The van der Waals surface area contributed by atoms with E-state index >= 15 is 0 Å². The van der Waals surface area contributed by atoms with Gasteiger partial charge in [0.1, 0.15) is 11.6 Å². The predicted octanol–water partition coefficient (Wildman–Crippen LogP) is 4.65. The van der Waals surface area contributed by atoms with Gasteiger partial charge in [-0.3, -0.25) is 5.10 Å². The van der Waals surface area contributed by atoms with Crippen LogP contribution in [0.1, 0.15) is 59.6 Å². The molecule has 0 fully saturated rings. The number of anilines is 1. The first-order valence-corrected chi connectivity index (χ1v) is 8.17. The van der Waals surface area contributed by atoms with E-state index in [1.165, 1.54) is 11.1 Å². The van der Waals surface area contributed by atoms with Crippen LogP contribution in [0.4, 0.5) is 5.82 Å². The number of ether oxygens (including phenoxy) is 1. The van der Waals surface area contributed by atoms with Gasteiger partial charge < -0.3 is 10.5 Å². The van der Waals surface area contributed by atoms with Crippen LogP contribution in [-0.4, -0.2) is 16.8 Å². The summed E-state index contributed by atoms with van der Waals surface area (Å²) < 4.78 is 6.07. The number of H-pyrrole nitrogens is 1. The van der Waals surface area contributed by atoms with E-state index in [-0.39, 0.29) is 10.8 Å². The second-order valence-electron chi connectivity index (χ2n) is 8.04. The third-order valence-corrected chi connectivity index (χ3v) is 3.90. The molecule has 1 aromatic heterocycles. The number of nitrogens with zero attached hydrogens (tertiary/aromatic N) is 1. The van der Waals surface area contributed by atoms with E-state index in [0.717, 1.165) is 17.0 Å². The average Bonchev–Trinajstić information content (AvgIpc) is 2.83. The number of nitrogen functional groups attached to an aromatic ring is 1. The number of hydrogen-bond donors (Lipinski definition) is 2. The predicted molar refractivity (Wildman–Crippen MR) is 97.0 cm³/mol. The fourth-order valence-electron chi connectivity index (χ4n) is 2.68. The first-order valence-electron chi connectivity index (χ1n) is 8.17. The van der Waals surface area contributed by atoms with Crippen molar-refractivity contribution in [2.24, 2.45) is 0 Å². The van der Waals surface area contributed by atoms with Gasteiger partial charge in [0.05, 0.1) is 12.3 Å². The summed E-state index contributed by atoms with van der Waals surface area (Å²) in [5, 5.41) is 7.07. The van der Waals surface area contributed by atoms with Crippen LogP contribution in [-0.2, 0) is 10.8 Å². The van der Waals surface area contributed by atoms with E-state index in [0.29, 0.717) is 12.4 Å². The average molecular weight is 315 g/mol. The first-order chi connectivity index (χ1) is 10.5. The van der Waals surface area contributed by atoms with Crippen LogP contribution in [0.2, 0.25) is 0 Å². The van der Waals surface area contributed by atoms with Gasteiger partial charge in [-0.1, -0.05) is 41.5 Å². The molecule has 1 heterocycles. The lowest BCUT2D eigenvalue weighted by Gasteiger charge is -2.30. The Morgan fingerprint density at radius 2 is 1.52 bits per heavy atom. The number of hydrogen-bond acceptors (Lipinski definition) is 3. The van der Waals surface area contributed by atoms with Crippen molar-refractivity contribution in [3.63, 3.8) is 0 Å². The Morgan fingerprint density at radius 1 is 1.00 bits per heavy atom. The number of nitrogens with two attached hydrogens (primary N) is 1. The van der Waals surface area contributed by atoms with Crippen molar-refractivity contribution in [2.45, 2.75) is 59.3 Å². The Balaban J connectivity index is 2.77. The molecule has 0 aliphatic rings. The molecule has 0 atom stereocenters. The Kier molecular flexibility index (Phi) is 4.47. The summed E-state index contributed by atoms with van der Waals surface area (Å²) in [5.74, 6) is 1.51. The van der Waals surface area contributed by atoms with E-state index in [1.54, 1.807) is 0 Å². The molecule has 0 spiro atoms. The molecule has 0 unspecified atom stereocenters. The zero-order valence-electron chi connectivity index (χ0n) is 15.4. The lowest BCUT2D eigenvalue weighted by atomic mass is 9.78. The molecule has 0 radical (unpaired) electrons. The molecule has 0 bridgehead atoms. The number of aromatic nitrogens is 2. The SMILES string of the molecule is CCOc1c(C(C)(C)C)cc(-c2cc(N)n[nH]2)cc1C(C)(C)C. The first kappa shape index (κ1) is 17.4. The second kappa shape index (κ2) is 5.91. The molecule has 4 heteroatoms. The fourth-order valence-corrected chi connectivity index (χ4v) is 2.68. The molecule has 1 aromatic carbocycles. The molecule has 2 aromatic rings. The smallest absolute Gasteiger partial charge is 0.145 e. The number of aromatic amines is 1. The van der Waals surface area contributed by atoms with Crippen molar-refractivity contribution in [2.75, 3.05) is 12.3 Å². The maximum absolute atomic E-state index is 6.07. The normalized spacial score (nSPS) is 12.5. The van der Waals surface area contributed by atoms with Crippen molar-refractivity contribution < 1.29 is 4.74 Å². The quantitative estimate of drug-likeness (QED) is 0.866. The van der Waals surface area contributed by atoms with E-state index in [4.69, 9.17) is 10.5 Å². The van der Waals surface area contributed by atoms with Gasteiger partial charge in [-0.15, -0.1) is 0 Å². The Morgan fingerprint density at radius 3 is 1.87 bits per heavy atom. The standard InChI is InChI=1S/C19H29N3O/c1-8-23-17-13(18(2,3)4)9-12(10-14(17)19(5,6)7)15-11-16(20)22-21-15/h9-11H,8H2,1-7H3,(H3,20,21,22). The zero-order chi connectivity index (χ0) is 17.4. The van der Waals surface area contributed by atoms with Gasteiger partial charge in [-0.25, -0.2) is 0 Å². The molecule has 0 saturated heterocycles. The highest BCUT2D eigenvalue weighted by Crippen LogP contribution is 2.42. The van der Waals surface area contributed by atoms with Crippen LogP contribution in [0, 0.1) is 0 Å². The van der Waals surface area contributed by atoms with Gasteiger partial charge in [0.25, 0.3) is 0 Å². The Hall–Kier alpha value is -1.97. The Labute approximate surface area is 139 Å².